The molecule has 1 fully saturated rings. The van der Waals surface area contributed by atoms with Crippen molar-refractivity contribution < 1.29 is 9.21 Å². The third-order valence-electron chi connectivity index (χ3n) is 5.11. The Morgan fingerprint density at radius 2 is 2.07 bits per heavy atom. The van der Waals surface area contributed by atoms with E-state index in [4.69, 9.17) is 9.40 Å². The van der Waals surface area contributed by atoms with E-state index >= 15 is 0 Å². The van der Waals surface area contributed by atoms with Crippen LogP contribution in [-0.2, 0) is 0 Å². The number of carbonyl (C=O) groups excluding carboxylic acids is 1. The molecule has 1 amide bonds. The number of furan rings is 1. The molecular formula is C22H18N2O2S. The summed E-state index contributed by atoms with van der Waals surface area (Å²) in [5, 5.41) is 2.96. The Balaban J connectivity index is 1.62. The van der Waals surface area contributed by atoms with E-state index < -0.39 is 0 Å². The van der Waals surface area contributed by atoms with Crippen molar-refractivity contribution in [2.45, 2.75) is 18.9 Å². The minimum atomic E-state index is 0.0670. The fourth-order valence-corrected chi connectivity index (χ4v) is 4.72. The van der Waals surface area contributed by atoms with Gasteiger partial charge in [0.1, 0.15) is 5.69 Å². The highest BCUT2D eigenvalue weighted by molar-refractivity contribution is 7.10. The minimum Gasteiger partial charge on any atom is -0.463 e. The molecule has 0 N–H and O–H groups in total. The van der Waals surface area contributed by atoms with Crippen LogP contribution in [0.5, 0.6) is 0 Å². The van der Waals surface area contributed by atoms with Crippen molar-refractivity contribution in [3.8, 4) is 11.5 Å². The minimum absolute atomic E-state index is 0.0670. The van der Waals surface area contributed by atoms with Gasteiger partial charge in [0.15, 0.2) is 5.76 Å². The number of amides is 1. The Hall–Kier alpha value is -2.92. The van der Waals surface area contributed by atoms with Crippen LogP contribution in [0.15, 0.2) is 70.7 Å². The first-order valence-electron chi connectivity index (χ1n) is 9.09. The molecule has 1 aliphatic rings. The lowest BCUT2D eigenvalue weighted by molar-refractivity contribution is 0.0740. The third kappa shape index (κ3) is 2.84. The normalized spacial score (nSPS) is 16.9. The van der Waals surface area contributed by atoms with Crippen molar-refractivity contribution >= 4 is 28.1 Å². The van der Waals surface area contributed by atoms with Crippen LogP contribution in [0.3, 0.4) is 0 Å². The first-order valence-corrected chi connectivity index (χ1v) is 9.97. The van der Waals surface area contributed by atoms with Gasteiger partial charge in [-0.3, -0.25) is 4.79 Å². The van der Waals surface area contributed by atoms with Gasteiger partial charge >= 0.3 is 0 Å². The lowest BCUT2D eigenvalue weighted by Crippen LogP contribution is -2.30. The lowest BCUT2D eigenvalue weighted by Gasteiger charge is -2.24. The molecule has 1 aromatic carbocycles. The summed E-state index contributed by atoms with van der Waals surface area (Å²) in [6.45, 7) is 0.786. The maximum atomic E-state index is 13.6. The van der Waals surface area contributed by atoms with Crippen LogP contribution in [0.2, 0.25) is 0 Å². The first-order chi connectivity index (χ1) is 13.3. The lowest BCUT2D eigenvalue weighted by atomic mass is 10.0. The average Bonchev–Trinajstić information content (AvgIpc) is 3.48. The van der Waals surface area contributed by atoms with Crippen molar-refractivity contribution in [3.05, 3.63) is 76.7 Å². The molecule has 4 aromatic rings. The van der Waals surface area contributed by atoms with E-state index in [1.54, 1.807) is 17.6 Å². The molecule has 4 nitrogen and oxygen atoms in total. The van der Waals surface area contributed by atoms with Gasteiger partial charge in [-0.2, -0.15) is 0 Å². The average molecular weight is 374 g/mol. The van der Waals surface area contributed by atoms with Gasteiger partial charge in [0.05, 0.1) is 23.4 Å². The Morgan fingerprint density at radius 1 is 1.15 bits per heavy atom. The zero-order valence-electron chi connectivity index (χ0n) is 14.7. The molecule has 0 radical (unpaired) electrons. The van der Waals surface area contributed by atoms with Crippen LogP contribution in [0, 0.1) is 0 Å². The SMILES string of the molecule is O=C(c1cc(-c2ccco2)nc2ccccc12)N1CCCC1c1cccs1. The van der Waals surface area contributed by atoms with Crippen LogP contribution in [0.25, 0.3) is 22.4 Å². The summed E-state index contributed by atoms with van der Waals surface area (Å²) in [5.41, 5.74) is 2.19. The summed E-state index contributed by atoms with van der Waals surface area (Å²) in [4.78, 5) is 21.5. The van der Waals surface area contributed by atoms with Gasteiger partial charge in [-0.05, 0) is 48.6 Å². The summed E-state index contributed by atoms with van der Waals surface area (Å²) >= 11 is 1.72. The molecule has 4 heterocycles. The first kappa shape index (κ1) is 16.3. The Labute approximate surface area is 161 Å². The number of para-hydroxylation sites is 1. The predicted molar refractivity (Wildman–Crippen MR) is 107 cm³/mol. The van der Waals surface area contributed by atoms with Crippen molar-refractivity contribution in [1.29, 1.82) is 0 Å². The van der Waals surface area contributed by atoms with Crippen LogP contribution in [0.1, 0.15) is 34.1 Å². The number of benzene rings is 1. The molecule has 134 valence electrons. The Bertz CT molecular complexity index is 1090. The largest absolute Gasteiger partial charge is 0.463 e. The molecule has 1 unspecified atom stereocenters. The van der Waals surface area contributed by atoms with Gasteiger partial charge in [0, 0.05) is 16.8 Å². The molecule has 5 rings (SSSR count). The number of likely N-dealkylation sites (tertiary alicyclic amines) is 1. The van der Waals surface area contributed by atoms with Gasteiger partial charge in [0.2, 0.25) is 0 Å². The molecule has 1 aliphatic heterocycles. The topological polar surface area (TPSA) is 46.3 Å². The number of nitrogens with zero attached hydrogens (tertiary/aromatic N) is 2. The second-order valence-electron chi connectivity index (χ2n) is 6.72. The van der Waals surface area contributed by atoms with E-state index in [0.717, 1.165) is 30.3 Å². The number of aromatic nitrogens is 1. The van der Waals surface area contributed by atoms with Crippen LogP contribution in [-0.4, -0.2) is 22.3 Å². The van der Waals surface area contributed by atoms with E-state index in [1.165, 1.54) is 4.88 Å². The van der Waals surface area contributed by atoms with Gasteiger partial charge in [-0.1, -0.05) is 24.3 Å². The molecule has 0 saturated carbocycles. The second kappa shape index (κ2) is 6.67. The highest BCUT2D eigenvalue weighted by Gasteiger charge is 2.32. The summed E-state index contributed by atoms with van der Waals surface area (Å²) in [6, 6.07) is 17.7. The maximum absolute atomic E-state index is 13.6. The molecule has 0 spiro atoms. The van der Waals surface area contributed by atoms with Crippen molar-refractivity contribution in [2.75, 3.05) is 6.54 Å². The molecule has 5 heteroatoms. The molecule has 1 saturated heterocycles. The van der Waals surface area contributed by atoms with E-state index in [2.05, 4.69) is 17.5 Å². The number of hydrogen-bond donors (Lipinski definition) is 0. The number of thiophene rings is 1. The zero-order valence-corrected chi connectivity index (χ0v) is 15.5. The fourth-order valence-electron chi connectivity index (χ4n) is 3.84. The summed E-state index contributed by atoms with van der Waals surface area (Å²) in [7, 11) is 0. The zero-order chi connectivity index (χ0) is 18.2. The van der Waals surface area contributed by atoms with Crippen LogP contribution >= 0.6 is 11.3 Å². The number of rotatable bonds is 3. The van der Waals surface area contributed by atoms with Gasteiger partial charge in [-0.15, -0.1) is 11.3 Å². The molecule has 0 bridgehead atoms. The fraction of sp³-hybridized carbons (Fsp3) is 0.182. The van der Waals surface area contributed by atoms with E-state index in [1.807, 2.05) is 47.4 Å². The molecular weight excluding hydrogens is 356 g/mol. The number of fused-ring (bicyclic) bond motifs is 1. The Kier molecular flexibility index (Phi) is 4.02. The quantitative estimate of drug-likeness (QED) is 0.473. The molecule has 1 atom stereocenters. The van der Waals surface area contributed by atoms with Gasteiger partial charge in [0.25, 0.3) is 5.91 Å². The van der Waals surface area contributed by atoms with Gasteiger partial charge in [-0.25, -0.2) is 4.98 Å². The highest BCUT2D eigenvalue weighted by Crippen LogP contribution is 2.36. The third-order valence-corrected chi connectivity index (χ3v) is 6.08. The molecule has 3 aromatic heterocycles. The predicted octanol–water partition coefficient (Wildman–Crippen LogP) is 5.53. The van der Waals surface area contributed by atoms with E-state index in [-0.39, 0.29) is 11.9 Å². The summed E-state index contributed by atoms with van der Waals surface area (Å²) in [5.74, 6) is 0.739. The van der Waals surface area contributed by atoms with Crippen LogP contribution in [0.4, 0.5) is 0 Å². The van der Waals surface area contributed by atoms with E-state index in [0.29, 0.717) is 17.0 Å². The summed E-state index contributed by atoms with van der Waals surface area (Å²) in [6.07, 6.45) is 3.67. The van der Waals surface area contributed by atoms with Crippen molar-refractivity contribution in [3.63, 3.8) is 0 Å². The van der Waals surface area contributed by atoms with Crippen molar-refractivity contribution in [1.82, 2.24) is 9.88 Å². The molecule has 27 heavy (non-hydrogen) atoms. The standard InChI is InChI=1S/C22H18N2O2S/c25-22(24-11-3-8-19(24)21-10-5-13-27-21)16-14-18(20-9-4-12-26-20)23-17-7-2-1-6-15(16)17/h1-2,4-7,9-10,12-14,19H,3,8,11H2. The number of carbonyl (C=O) groups is 1. The smallest absolute Gasteiger partial charge is 0.255 e. The van der Waals surface area contributed by atoms with Gasteiger partial charge < -0.3 is 9.32 Å². The highest BCUT2D eigenvalue weighted by atomic mass is 32.1. The van der Waals surface area contributed by atoms with E-state index in [9.17, 15) is 4.79 Å². The van der Waals surface area contributed by atoms with Crippen LogP contribution < -0.4 is 0 Å². The monoisotopic (exact) mass is 374 g/mol. The molecule has 0 aliphatic carbocycles. The van der Waals surface area contributed by atoms with Crippen molar-refractivity contribution in [2.24, 2.45) is 0 Å². The Morgan fingerprint density at radius 3 is 2.89 bits per heavy atom. The number of pyridine rings is 1. The summed E-state index contributed by atoms with van der Waals surface area (Å²) < 4.78 is 5.52. The number of hydrogen-bond acceptors (Lipinski definition) is 4. The second-order valence-corrected chi connectivity index (χ2v) is 7.70. The maximum Gasteiger partial charge on any atom is 0.255 e.